The van der Waals surface area contributed by atoms with Crippen molar-refractivity contribution in [3.8, 4) is 28.5 Å². The average molecular weight is 752 g/mol. The minimum atomic E-state index is 0.797. The first-order chi connectivity index (χ1) is 29.3. The third kappa shape index (κ3) is 4.61. The molecule has 0 spiro atoms. The smallest absolute Gasteiger partial charge is 0.165 e. The van der Waals surface area contributed by atoms with Crippen molar-refractivity contribution < 1.29 is 0 Å². The molecule has 0 aliphatic heterocycles. The van der Waals surface area contributed by atoms with E-state index in [9.17, 15) is 0 Å². The monoisotopic (exact) mass is 751 g/mol. The fourth-order valence-corrected chi connectivity index (χ4v) is 9.66. The molecule has 0 saturated carbocycles. The number of para-hydroxylation sites is 6. The number of benzene rings is 9. The van der Waals surface area contributed by atoms with Gasteiger partial charge in [-0.3, -0.25) is 4.57 Å². The topological polar surface area (TPSA) is 40.6 Å². The maximum absolute atomic E-state index is 5.52. The molecule has 0 saturated heterocycles. The Morgan fingerprint density at radius 2 is 0.847 bits per heavy atom. The predicted molar refractivity (Wildman–Crippen MR) is 245 cm³/mol. The number of hydrogen-bond acceptors (Lipinski definition) is 2. The first-order valence-corrected chi connectivity index (χ1v) is 20.1. The average Bonchev–Trinajstić information content (AvgIpc) is 3.94. The molecule has 13 aromatic rings. The zero-order valence-electron chi connectivity index (χ0n) is 31.8. The van der Waals surface area contributed by atoms with Crippen LogP contribution in [0.4, 0.5) is 0 Å². The molecule has 0 atom stereocenters. The molecule has 274 valence electrons. The summed E-state index contributed by atoms with van der Waals surface area (Å²) in [7, 11) is 0. The molecule has 0 bridgehead atoms. The van der Waals surface area contributed by atoms with Crippen molar-refractivity contribution in [1.29, 1.82) is 0 Å². The van der Waals surface area contributed by atoms with Gasteiger partial charge in [0.15, 0.2) is 5.82 Å². The lowest BCUT2D eigenvalue weighted by molar-refractivity contribution is 1.08. The van der Waals surface area contributed by atoms with E-state index in [1.165, 1.54) is 54.3 Å². The molecule has 0 unspecified atom stereocenters. The molecule has 5 heteroatoms. The van der Waals surface area contributed by atoms with Gasteiger partial charge in [-0.2, -0.15) is 0 Å². The van der Waals surface area contributed by atoms with Crippen LogP contribution < -0.4 is 0 Å². The van der Waals surface area contributed by atoms with Crippen LogP contribution >= 0.6 is 0 Å². The summed E-state index contributed by atoms with van der Waals surface area (Å²) in [6, 6.07) is 71.8. The summed E-state index contributed by atoms with van der Waals surface area (Å²) in [4.78, 5) is 11.0. The summed E-state index contributed by atoms with van der Waals surface area (Å²) >= 11 is 0. The van der Waals surface area contributed by atoms with Crippen LogP contribution in [0.15, 0.2) is 200 Å². The van der Waals surface area contributed by atoms with E-state index in [0.717, 1.165) is 61.4 Å². The second-order valence-corrected chi connectivity index (χ2v) is 15.4. The Kier molecular flexibility index (Phi) is 6.66. The lowest BCUT2D eigenvalue weighted by Crippen LogP contribution is -2.04. The molecule has 4 aromatic heterocycles. The van der Waals surface area contributed by atoms with Crippen LogP contribution in [0.5, 0.6) is 0 Å². The molecular formula is C54H33N5. The zero-order chi connectivity index (χ0) is 38.6. The van der Waals surface area contributed by atoms with Crippen LogP contribution in [0.3, 0.4) is 0 Å². The third-order valence-electron chi connectivity index (χ3n) is 12.2. The highest BCUT2D eigenvalue weighted by molar-refractivity contribution is 6.22. The molecule has 4 heterocycles. The van der Waals surface area contributed by atoms with Crippen molar-refractivity contribution in [3.05, 3.63) is 200 Å². The summed E-state index contributed by atoms with van der Waals surface area (Å²) < 4.78 is 7.12. The molecule has 0 N–H and O–H groups in total. The Morgan fingerprint density at radius 3 is 1.56 bits per heavy atom. The zero-order valence-corrected chi connectivity index (χ0v) is 31.8. The van der Waals surface area contributed by atoms with Gasteiger partial charge in [-0.15, -0.1) is 0 Å². The van der Waals surface area contributed by atoms with E-state index in [2.05, 4.69) is 202 Å². The van der Waals surface area contributed by atoms with E-state index in [1.54, 1.807) is 0 Å². The van der Waals surface area contributed by atoms with Crippen LogP contribution in [-0.4, -0.2) is 23.7 Å². The molecule has 0 fully saturated rings. The lowest BCUT2D eigenvalue weighted by Gasteiger charge is -2.15. The second kappa shape index (κ2) is 12.2. The van der Waals surface area contributed by atoms with Gasteiger partial charge in [0, 0.05) is 49.3 Å². The Balaban J connectivity index is 1.13. The third-order valence-corrected chi connectivity index (χ3v) is 12.2. The Hall–Kier alpha value is -8.02. The minimum absolute atomic E-state index is 0.797. The molecule has 59 heavy (non-hydrogen) atoms. The van der Waals surface area contributed by atoms with E-state index in [-0.39, 0.29) is 0 Å². The lowest BCUT2D eigenvalue weighted by atomic mass is 10.0. The van der Waals surface area contributed by atoms with Crippen molar-refractivity contribution in [2.75, 3.05) is 0 Å². The second-order valence-electron chi connectivity index (χ2n) is 15.4. The van der Waals surface area contributed by atoms with Crippen molar-refractivity contribution in [2.24, 2.45) is 0 Å². The molecule has 0 aliphatic carbocycles. The maximum atomic E-state index is 5.52. The van der Waals surface area contributed by atoms with Gasteiger partial charge >= 0.3 is 0 Å². The van der Waals surface area contributed by atoms with Crippen molar-refractivity contribution in [2.45, 2.75) is 0 Å². The summed E-state index contributed by atoms with van der Waals surface area (Å²) in [5.74, 6) is 0.797. The van der Waals surface area contributed by atoms with E-state index in [1.807, 2.05) is 12.1 Å². The Morgan fingerprint density at radius 1 is 0.305 bits per heavy atom. The van der Waals surface area contributed by atoms with Gasteiger partial charge in [0.2, 0.25) is 0 Å². The highest BCUT2D eigenvalue weighted by Gasteiger charge is 2.23. The highest BCUT2D eigenvalue weighted by Crippen LogP contribution is 2.42. The van der Waals surface area contributed by atoms with E-state index in [4.69, 9.17) is 9.97 Å². The SMILES string of the molecule is c1ccc(-n2c3ccccc3c3ccc(-c4nc5ccccc5nc4-n4c5ccc(-n6c7ccccc7c7ccccc76)cc5c5c6ccccc6ccc54)cc32)cc1. The highest BCUT2D eigenvalue weighted by atomic mass is 15.1. The number of rotatable bonds is 4. The molecule has 13 rings (SSSR count). The Bertz CT molecular complexity index is 3800. The number of hydrogen-bond donors (Lipinski definition) is 0. The van der Waals surface area contributed by atoms with Crippen molar-refractivity contribution >= 4 is 87.2 Å². The molecular weight excluding hydrogens is 719 g/mol. The summed E-state index contributed by atoms with van der Waals surface area (Å²) in [5.41, 5.74) is 12.6. The predicted octanol–water partition coefficient (Wildman–Crippen LogP) is 13.7. The molecule has 5 nitrogen and oxygen atoms in total. The van der Waals surface area contributed by atoms with Crippen LogP contribution in [0.2, 0.25) is 0 Å². The normalized spacial score (nSPS) is 12.1. The van der Waals surface area contributed by atoms with Gasteiger partial charge in [0.25, 0.3) is 0 Å². The maximum Gasteiger partial charge on any atom is 0.165 e. The number of nitrogens with zero attached hydrogens (tertiary/aromatic N) is 5. The fraction of sp³-hybridized carbons (Fsp3) is 0. The molecule has 0 amide bonds. The van der Waals surface area contributed by atoms with Gasteiger partial charge in [-0.25, -0.2) is 9.97 Å². The minimum Gasteiger partial charge on any atom is -0.309 e. The molecule has 0 radical (unpaired) electrons. The van der Waals surface area contributed by atoms with Crippen LogP contribution in [0, 0.1) is 0 Å². The van der Waals surface area contributed by atoms with E-state index >= 15 is 0 Å². The molecule has 9 aromatic carbocycles. The largest absolute Gasteiger partial charge is 0.309 e. The summed E-state index contributed by atoms with van der Waals surface area (Å²) in [6.45, 7) is 0. The van der Waals surface area contributed by atoms with Crippen molar-refractivity contribution in [1.82, 2.24) is 23.7 Å². The quantitative estimate of drug-likeness (QED) is 0.180. The van der Waals surface area contributed by atoms with Gasteiger partial charge < -0.3 is 9.13 Å². The fourth-order valence-electron chi connectivity index (χ4n) is 9.66. The van der Waals surface area contributed by atoms with Gasteiger partial charge in [0.1, 0.15) is 5.69 Å². The van der Waals surface area contributed by atoms with Crippen molar-refractivity contribution in [3.63, 3.8) is 0 Å². The van der Waals surface area contributed by atoms with E-state index in [0.29, 0.717) is 0 Å². The standard InChI is InChI=1S/C54H33N5/c1-2-15-36(16-3-1)57-46-23-11-8-20-41(46)42-29-26-35(32-51(42)57)53-54(56-45-22-10-9-21-44(45)55-53)59-49-31-28-37(33-43(49)52-38-17-5-4-14-34(38)27-30-50(52)59)58-47-24-12-6-18-39(47)40-19-7-13-25-48(40)58/h1-33H. The first kappa shape index (κ1) is 32.1. The van der Waals surface area contributed by atoms with Crippen LogP contribution in [-0.2, 0) is 0 Å². The van der Waals surface area contributed by atoms with E-state index < -0.39 is 0 Å². The summed E-state index contributed by atoms with van der Waals surface area (Å²) in [5, 5.41) is 9.67. The van der Waals surface area contributed by atoms with Gasteiger partial charge in [-0.1, -0.05) is 127 Å². The van der Waals surface area contributed by atoms with Gasteiger partial charge in [-0.05, 0) is 83.6 Å². The molecule has 0 aliphatic rings. The van der Waals surface area contributed by atoms with Crippen LogP contribution in [0.25, 0.3) is 116 Å². The Labute approximate surface area is 338 Å². The van der Waals surface area contributed by atoms with Crippen LogP contribution in [0.1, 0.15) is 0 Å². The first-order valence-electron chi connectivity index (χ1n) is 20.1. The number of aromatic nitrogens is 5. The number of fused-ring (bicyclic) bond motifs is 12. The summed E-state index contributed by atoms with van der Waals surface area (Å²) in [6.07, 6.45) is 0. The van der Waals surface area contributed by atoms with Gasteiger partial charge in [0.05, 0.1) is 44.1 Å².